The molecule has 0 N–H and O–H groups in total. The molecule has 2 aromatic rings. The molecule has 10 heteroatoms. The third kappa shape index (κ3) is 3.96. The highest BCUT2D eigenvalue weighted by Gasteiger charge is 2.43. The number of benzene rings is 2. The second-order valence-corrected chi connectivity index (χ2v) is 7.08. The zero-order valence-corrected chi connectivity index (χ0v) is 15.3. The molecule has 152 valence electrons. The molecule has 0 aromatic heterocycles. The Labute approximate surface area is 165 Å². The molecule has 0 aliphatic carbocycles. The summed E-state index contributed by atoms with van der Waals surface area (Å²) in [4.78, 5) is 21.2. The van der Waals surface area contributed by atoms with Crippen LogP contribution >= 0.6 is 0 Å². The maximum absolute atomic E-state index is 11.2. The highest BCUT2D eigenvalue weighted by atomic mass is 16.7. The summed E-state index contributed by atoms with van der Waals surface area (Å²) in [7, 11) is 0. The first kappa shape index (κ1) is 19.4. The van der Waals surface area contributed by atoms with Crippen molar-refractivity contribution < 1.29 is 28.8 Å². The molecule has 0 bridgehead atoms. The van der Waals surface area contributed by atoms with E-state index in [-0.39, 0.29) is 37.8 Å². The number of nitro benzene ring substituents is 2. The number of nitro groups is 2. The highest BCUT2D eigenvalue weighted by Crippen LogP contribution is 2.40. The van der Waals surface area contributed by atoms with Crippen LogP contribution in [0.4, 0.5) is 11.4 Å². The molecule has 0 saturated carbocycles. The molecule has 2 aliphatic rings. The lowest BCUT2D eigenvalue weighted by Crippen LogP contribution is -2.49. The molecule has 2 saturated heterocycles. The SMILES string of the molecule is O=[N+]([O-])c1cccc(C2OCC3(CO2)COC(c2ccccc2[N+](=O)[O-])OC3)c1. The van der Waals surface area contributed by atoms with Gasteiger partial charge in [-0.3, -0.25) is 20.2 Å². The van der Waals surface area contributed by atoms with Gasteiger partial charge in [-0.25, -0.2) is 0 Å². The van der Waals surface area contributed by atoms with E-state index in [9.17, 15) is 20.2 Å². The Morgan fingerprint density at radius 1 is 0.793 bits per heavy atom. The van der Waals surface area contributed by atoms with Crippen molar-refractivity contribution in [1.82, 2.24) is 0 Å². The van der Waals surface area contributed by atoms with Crippen molar-refractivity contribution in [3.05, 3.63) is 79.9 Å². The number of non-ortho nitro benzene ring substituents is 1. The van der Waals surface area contributed by atoms with Crippen molar-refractivity contribution in [1.29, 1.82) is 0 Å². The summed E-state index contributed by atoms with van der Waals surface area (Å²) in [6.45, 7) is 1.02. The summed E-state index contributed by atoms with van der Waals surface area (Å²) in [5.74, 6) is 0. The van der Waals surface area contributed by atoms with Gasteiger partial charge in [0, 0.05) is 23.8 Å². The molecule has 0 amide bonds. The molecular weight excluding hydrogens is 384 g/mol. The van der Waals surface area contributed by atoms with Gasteiger partial charge in [0.2, 0.25) is 0 Å². The third-order valence-corrected chi connectivity index (χ3v) is 4.90. The van der Waals surface area contributed by atoms with Crippen LogP contribution in [-0.2, 0) is 18.9 Å². The fraction of sp³-hybridized carbons (Fsp3) is 0.368. The van der Waals surface area contributed by atoms with E-state index < -0.39 is 27.8 Å². The second-order valence-electron chi connectivity index (χ2n) is 7.08. The van der Waals surface area contributed by atoms with Gasteiger partial charge in [-0.1, -0.05) is 24.3 Å². The minimum absolute atomic E-state index is 0.0355. The van der Waals surface area contributed by atoms with Crippen LogP contribution < -0.4 is 0 Å². The van der Waals surface area contributed by atoms with Crippen LogP contribution in [0.25, 0.3) is 0 Å². The van der Waals surface area contributed by atoms with Crippen LogP contribution in [-0.4, -0.2) is 36.3 Å². The fourth-order valence-electron chi connectivity index (χ4n) is 3.37. The van der Waals surface area contributed by atoms with Gasteiger partial charge in [0.1, 0.15) is 0 Å². The van der Waals surface area contributed by atoms with E-state index in [1.54, 1.807) is 30.3 Å². The number of hydrogen-bond donors (Lipinski definition) is 0. The molecule has 0 atom stereocenters. The van der Waals surface area contributed by atoms with Gasteiger partial charge in [0.15, 0.2) is 12.6 Å². The number of para-hydroxylation sites is 1. The lowest BCUT2D eigenvalue weighted by molar-refractivity contribution is -0.388. The van der Waals surface area contributed by atoms with Crippen molar-refractivity contribution in [2.45, 2.75) is 12.6 Å². The van der Waals surface area contributed by atoms with Gasteiger partial charge >= 0.3 is 0 Å². The van der Waals surface area contributed by atoms with E-state index in [1.165, 1.54) is 18.2 Å². The predicted molar refractivity (Wildman–Crippen MR) is 97.9 cm³/mol. The van der Waals surface area contributed by atoms with Crippen LogP contribution in [0.1, 0.15) is 23.7 Å². The van der Waals surface area contributed by atoms with Crippen LogP contribution in [0.2, 0.25) is 0 Å². The molecule has 29 heavy (non-hydrogen) atoms. The number of hydrogen-bond acceptors (Lipinski definition) is 8. The lowest BCUT2D eigenvalue weighted by atomic mass is 9.90. The van der Waals surface area contributed by atoms with E-state index in [1.807, 2.05) is 0 Å². The Morgan fingerprint density at radius 3 is 2.03 bits per heavy atom. The molecule has 2 aliphatic heterocycles. The van der Waals surface area contributed by atoms with Crippen molar-refractivity contribution in [3.8, 4) is 0 Å². The first-order valence-electron chi connectivity index (χ1n) is 8.92. The van der Waals surface area contributed by atoms with E-state index >= 15 is 0 Å². The first-order valence-corrected chi connectivity index (χ1v) is 8.92. The van der Waals surface area contributed by atoms with Gasteiger partial charge in [-0.05, 0) is 6.07 Å². The third-order valence-electron chi connectivity index (χ3n) is 4.90. The Kier molecular flexibility index (Phi) is 5.24. The zero-order valence-electron chi connectivity index (χ0n) is 15.3. The topological polar surface area (TPSA) is 123 Å². The molecule has 10 nitrogen and oxygen atoms in total. The summed E-state index contributed by atoms with van der Waals surface area (Å²) in [5, 5.41) is 22.1. The largest absolute Gasteiger partial charge is 0.348 e. The number of ether oxygens (including phenoxy) is 4. The fourth-order valence-corrected chi connectivity index (χ4v) is 3.37. The van der Waals surface area contributed by atoms with E-state index in [2.05, 4.69) is 0 Å². The van der Waals surface area contributed by atoms with Crippen LogP contribution in [0.5, 0.6) is 0 Å². The van der Waals surface area contributed by atoms with Crippen molar-refractivity contribution in [3.63, 3.8) is 0 Å². The minimum Gasteiger partial charge on any atom is -0.348 e. The highest BCUT2D eigenvalue weighted by molar-refractivity contribution is 5.40. The number of nitrogens with zero attached hydrogens (tertiary/aromatic N) is 2. The quantitative estimate of drug-likeness (QED) is 0.564. The molecule has 0 radical (unpaired) electrons. The Balaban J connectivity index is 1.39. The van der Waals surface area contributed by atoms with Crippen molar-refractivity contribution in [2.24, 2.45) is 5.41 Å². The minimum atomic E-state index is -0.836. The Bertz CT molecular complexity index is 916. The van der Waals surface area contributed by atoms with E-state index in [0.717, 1.165) is 0 Å². The maximum atomic E-state index is 11.2. The van der Waals surface area contributed by atoms with Crippen LogP contribution in [0.3, 0.4) is 0 Å². The standard InChI is InChI=1S/C19H18N2O8/c22-20(23)14-5-3-4-13(8-14)17-26-9-19(10-27-17)11-28-18(29-12-19)15-6-1-2-7-16(15)21(24)25/h1-8,17-18H,9-12H2. The summed E-state index contributed by atoms with van der Waals surface area (Å²) >= 11 is 0. The zero-order chi connectivity index (χ0) is 20.4. The van der Waals surface area contributed by atoms with E-state index in [4.69, 9.17) is 18.9 Å². The summed E-state index contributed by atoms with van der Waals surface area (Å²) < 4.78 is 23.1. The molecule has 2 fully saturated rings. The summed E-state index contributed by atoms with van der Waals surface area (Å²) in [6, 6.07) is 12.4. The second kappa shape index (κ2) is 7.84. The van der Waals surface area contributed by atoms with Crippen molar-refractivity contribution in [2.75, 3.05) is 26.4 Å². The molecule has 1 spiro atoms. The molecular formula is C19H18N2O8. The normalized spacial score (nSPS) is 26.9. The Hall–Kier alpha value is -2.92. The number of rotatable bonds is 4. The van der Waals surface area contributed by atoms with Crippen molar-refractivity contribution >= 4 is 11.4 Å². The van der Waals surface area contributed by atoms with Crippen LogP contribution in [0, 0.1) is 25.6 Å². The van der Waals surface area contributed by atoms with Gasteiger partial charge in [-0.15, -0.1) is 0 Å². The summed E-state index contributed by atoms with van der Waals surface area (Å²) in [6.07, 6.45) is -1.55. The van der Waals surface area contributed by atoms with Gasteiger partial charge < -0.3 is 18.9 Å². The first-order chi connectivity index (χ1) is 14.0. The van der Waals surface area contributed by atoms with Crippen LogP contribution in [0.15, 0.2) is 48.5 Å². The monoisotopic (exact) mass is 402 g/mol. The molecule has 2 aromatic carbocycles. The summed E-state index contributed by atoms with van der Waals surface area (Å²) in [5.41, 5.74) is 0.281. The Morgan fingerprint density at radius 2 is 1.41 bits per heavy atom. The average Bonchev–Trinajstić information content (AvgIpc) is 2.75. The van der Waals surface area contributed by atoms with Gasteiger partial charge in [0.25, 0.3) is 11.4 Å². The smallest absolute Gasteiger partial charge is 0.277 e. The van der Waals surface area contributed by atoms with Gasteiger partial charge in [0.05, 0.1) is 47.3 Å². The molecule has 0 unspecified atom stereocenters. The predicted octanol–water partition coefficient (Wildman–Crippen LogP) is 3.28. The maximum Gasteiger partial charge on any atom is 0.277 e. The van der Waals surface area contributed by atoms with Gasteiger partial charge in [-0.2, -0.15) is 0 Å². The molecule has 4 rings (SSSR count). The average molecular weight is 402 g/mol. The lowest BCUT2D eigenvalue weighted by Gasteiger charge is -2.43. The van der Waals surface area contributed by atoms with E-state index in [0.29, 0.717) is 11.1 Å². The molecule has 2 heterocycles.